The van der Waals surface area contributed by atoms with Crippen LogP contribution in [-0.4, -0.2) is 8.80 Å². The highest BCUT2D eigenvalue weighted by molar-refractivity contribution is 6.58. The van der Waals surface area contributed by atoms with Crippen LogP contribution in [0.15, 0.2) is 91.0 Å². The molecule has 3 aromatic carbocycles. The monoisotopic (exact) mass is 385 g/mol. The van der Waals surface area contributed by atoms with E-state index in [2.05, 4.69) is 91.0 Å². The average molecular weight is 386 g/mol. The molecule has 0 amide bonds. The lowest BCUT2D eigenvalue weighted by molar-refractivity contribution is 0.840. The van der Waals surface area contributed by atoms with E-state index in [1.165, 1.54) is 73.3 Å². The van der Waals surface area contributed by atoms with Gasteiger partial charge in [-0.15, -0.1) is 0 Å². The molecule has 0 bridgehead atoms. The molecule has 0 aliphatic heterocycles. The molecule has 1 radical (unpaired) electrons. The Balaban J connectivity index is 1.44. The van der Waals surface area contributed by atoms with Gasteiger partial charge in [0.2, 0.25) is 0 Å². The second kappa shape index (κ2) is 12.4. The van der Waals surface area contributed by atoms with Crippen LogP contribution in [0.4, 0.5) is 0 Å². The van der Waals surface area contributed by atoms with E-state index in [0.29, 0.717) is 0 Å². The second-order valence-electron chi connectivity index (χ2n) is 7.77. The molecular weight excluding hydrogens is 352 g/mol. The SMILES string of the molecule is c1ccc(CCC[Si](CCCc2ccccc2)CCCc2ccccc2)cc1. The lowest BCUT2D eigenvalue weighted by atomic mass is 10.1. The minimum absolute atomic E-state index is 0.253. The van der Waals surface area contributed by atoms with E-state index >= 15 is 0 Å². The van der Waals surface area contributed by atoms with Crippen LogP contribution in [0.1, 0.15) is 36.0 Å². The van der Waals surface area contributed by atoms with Crippen molar-refractivity contribution in [1.29, 1.82) is 0 Å². The number of benzene rings is 3. The van der Waals surface area contributed by atoms with Gasteiger partial charge in [0.25, 0.3) is 0 Å². The van der Waals surface area contributed by atoms with Crippen molar-refractivity contribution in [2.24, 2.45) is 0 Å². The van der Waals surface area contributed by atoms with Crippen LogP contribution in [-0.2, 0) is 19.3 Å². The molecule has 0 atom stereocenters. The maximum absolute atomic E-state index is 2.28. The van der Waals surface area contributed by atoms with Crippen molar-refractivity contribution < 1.29 is 0 Å². The van der Waals surface area contributed by atoms with Gasteiger partial charge in [0.15, 0.2) is 0 Å². The van der Waals surface area contributed by atoms with Crippen LogP contribution in [0.25, 0.3) is 0 Å². The molecule has 0 aliphatic carbocycles. The Morgan fingerprint density at radius 3 is 0.964 bits per heavy atom. The van der Waals surface area contributed by atoms with E-state index in [9.17, 15) is 0 Å². The minimum Gasteiger partial charge on any atom is -0.0622 e. The highest BCUT2D eigenvalue weighted by Gasteiger charge is 2.11. The summed E-state index contributed by atoms with van der Waals surface area (Å²) in [5.41, 5.74) is 4.49. The van der Waals surface area contributed by atoms with E-state index < -0.39 is 0 Å². The third kappa shape index (κ3) is 7.86. The maximum Gasteiger partial charge on any atom is 0.0479 e. The number of rotatable bonds is 12. The van der Waals surface area contributed by atoms with E-state index in [4.69, 9.17) is 0 Å². The number of hydrogen-bond acceptors (Lipinski definition) is 0. The Morgan fingerprint density at radius 1 is 0.393 bits per heavy atom. The first-order valence-corrected chi connectivity index (χ1v) is 13.0. The average Bonchev–Trinajstić information content (AvgIpc) is 2.76. The molecule has 0 unspecified atom stereocenters. The van der Waals surface area contributed by atoms with E-state index in [1.54, 1.807) is 0 Å². The van der Waals surface area contributed by atoms with Crippen LogP contribution in [0.2, 0.25) is 18.1 Å². The summed E-state index contributed by atoms with van der Waals surface area (Å²) in [5.74, 6) is 0. The van der Waals surface area contributed by atoms with Crippen LogP contribution < -0.4 is 0 Å². The predicted molar refractivity (Wildman–Crippen MR) is 124 cm³/mol. The maximum atomic E-state index is 2.28. The van der Waals surface area contributed by atoms with Gasteiger partial charge >= 0.3 is 0 Å². The summed E-state index contributed by atoms with van der Waals surface area (Å²) in [7, 11) is -0.253. The molecule has 0 saturated heterocycles. The summed E-state index contributed by atoms with van der Waals surface area (Å²) in [6.07, 6.45) is 7.80. The molecule has 0 nitrogen and oxygen atoms in total. The molecule has 0 spiro atoms. The first-order chi connectivity index (χ1) is 13.9. The van der Waals surface area contributed by atoms with Gasteiger partial charge in [0.05, 0.1) is 0 Å². The van der Waals surface area contributed by atoms with Gasteiger partial charge in [-0.1, -0.05) is 128 Å². The van der Waals surface area contributed by atoms with Gasteiger partial charge in [0.1, 0.15) is 0 Å². The lowest BCUT2D eigenvalue weighted by Crippen LogP contribution is -2.13. The van der Waals surface area contributed by atoms with Gasteiger partial charge in [-0.05, 0) is 36.0 Å². The quantitative estimate of drug-likeness (QED) is 0.285. The molecule has 145 valence electrons. The molecule has 3 aromatic rings. The fourth-order valence-corrected chi connectivity index (χ4v) is 6.72. The van der Waals surface area contributed by atoms with Crippen LogP contribution >= 0.6 is 0 Å². The molecule has 0 saturated carbocycles. The Kier molecular flexibility index (Phi) is 9.09. The summed E-state index contributed by atoms with van der Waals surface area (Å²) in [6, 6.07) is 37.4. The van der Waals surface area contributed by atoms with Crippen molar-refractivity contribution in [2.75, 3.05) is 0 Å². The Bertz CT molecular complexity index is 644. The summed E-state index contributed by atoms with van der Waals surface area (Å²) in [6.45, 7) is 0. The summed E-state index contributed by atoms with van der Waals surface area (Å²) < 4.78 is 0. The van der Waals surface area contributed by atoms with Crippen LogP contribution in [0, 0.1) is 0 Å². The molecule has 0 N–H and O–H groups in total. The third-order valence-electron chi connectivity index (χ3n) is 5.52. The highest BCUT2D eigenvalue weighted by Crippen LogP contribution is 2.19. The highest BCUT2D eigenvalue weighted by atomic mass is 28.3. The summed E-state index contributed by atoms with van der Waals surface area (Å²) in [4.78, 5) is 0. The fourth-order valence-electron chi connectivity index (χ4n) is 3.94. The molecule has 0 aliphatic rings. The molecule has 0 aromatic heterocycles. The van der Waals surface area contributed by atoms with Crippen molar-refractivity contribution in [3.05, 3.63) is 108 Å². The topological polar surface area (TPSA) is 0 Å². The van der Waals surface area contributed by atoms with Crippen LogP contribution in [0.5, 0.6) is 0 Å². The Hall–Kier alpha value is -2.12. The zero-order valence-corrected chi connectivity index (χ0v) is 18.0. The van der Waals surface area contributed by atoms with Gasteiger partial charge in [0, 0.05) is 8.80 Å². The number of hydrogen-bond donors (Lipinski definition) is 0. The van der Waals surface area contributed by atoms with Crippen molar-refractivity contribution >= 4 is 8.80 Å². The van der Waals surface area contributed by atoms with Gasteiger partial charge in [-0.3, -0.25) is 0 Å². The van der Waals surface area contributed by atoms with Crippen molar-refractivity contribution in [3.63, 3.8) is 0 Å². The van der Waals surface area contributed by atoms with Crippen LogP contribution in [0.3, 0.4) is 0 Å². The minimum atomic E-state index is -0.253. The zero-order chi connectivity index (χ0) is 19.3. The first-order valence-electron chi connectivity index (χ1n) is 10.9. The molecule has 1 heteroatoms. The Morgan fingerprint density at radius 2 is 0.679 bits per heavy atom. The molecule has 0 fully saturated rings. The number of aryl methyl sites for hydroxylation is 3. The summed E-state index contributed by atoms with van der Waals surface area (Å²) in [5, 5.41) is 0. The lowest BCUT2D eigenvalue weighted by Gasteiger charge is -2.15. The smallest absolute Gasteiger partial charge is 0.0479 e. The second-order valence-corrected chi connectivity index (χ2v) is 10.8. The van der Waals surface area contributed by atoms with Crippen molar-refractivity contribution in [1.82, 2.24) is 0 Å². The summed E-state index contributed by atoms with van der Waals surface area (Å²) >= 11 is 0. The zero-order valence-electron chi connectivity index (χ0n) is 17.0. The largest absolute Gasteiger partial charge is 0.0622 e. The Labute approximate surface area is 173 Å². The van der Waals surface area contributed by atoms with Gasteiger partial charge < -0.3 is 0 Å². The molecule has 3 rings (SSSR count). The van der Waals surface area contributed by atoms with E-state index in [1.807, 2.05) is 0 Å². The van der Waals surface area contributed by atoms with Gasteiger partial charge in [-0.25, -0.2) is 0 Å². The van der Waals surface area contributed by atoms with Crippen molar-refractivity contribution in [2.45, 2.75) is 56.7 Å². The third-order valence-corrected chi connectivity index (χ3v) is 8.70. The standard InChI is InChI=1S/C27H33Si/c1-4-13-25(14-5-1)19-10-22-28(23-11-20-26-15-6-2-7-16-26)24-12-21-27-17-8-3-9-18-27/h1-9,13-18H,10-12,19-24H2. The van der Waals surface area contributed by atoms with E-state index in [0.717, 1.165) is 0 Å². The van der Waals surface area contributed by atoms with Crippen molar-refractivity contribution in [3.8, 4) is 0 Å². The molecule has 28 heavy (non-hydrogen) atoms. The van der Waals surface area contributed by atoms with Gasteiger partial charge in [-0.2, -0.15) is 0 Å². The predicted octanol–water partition coefficient (Wildman–Crippen LogP) is 7.38. The van der Waals surface area contributed by atoms with E-state index in [-0.39, 0.29) is 8.80 Å². The first kappa shape index (κ1) is 20.6. The molecule has 0 heterocycles. The normalized spacial score (nSPS) is 11.0. The fraction of sp³-hybridized carbons (Fsp3) is 0.333. The molecular formula is C27H33Si.